The Morgan fingerprint density at radius 3 is 1.02 bits per heavy atom. The maximum atomic E-state index is 10.5. The molecule has 0 aromatic carbocycles. The van der Waals surface area contributed by atoms with Gasteiger partial charge in [0.25, 0.3) is 0 Å². The van der Waals surface area contributed by atoms with Crippen molar-refractivity contribution < 1.29 is 23.9 Å². The minimum Gasteiger partial charge on any atom is -0.469 e. The molecule has 8 nitrogen and oxygen atoms in total. The number of carbonyl (C=O) groups excluding carboxylic acids is 3. The number of rotatable bonds is 6. The van der Waals surface area contributed by atoms with Crippen molar-refractivity contribution in [3.05, 3.63) is 12.2 Å². The maximum Gasteiger partial charge on any atom is 0.308 e. The highest BCUT2D eigenvalue weighted by Crippen LogP contribution is 2.04. The summed E-state index contributed by atoms with van der Waals surface area (Å²) in [5, 5.41) is 6.48. The summed E-state index contributed by atoms with van der Waals surface area (Å²) < 4.78 is 9.04. The summed E-state index contributed by atoms with van der Waals surface area (Å²) in [4.78, 5) is 34.9. The number of ketones is 1. The molecule has 46 heavy (non-hydrogen) atoms. The Balaban J connectivity index is -0.0000000769. The molecule has 8 heteroatoms. The van der Waals surface area contributed by atoms with Crippen LogP contribution in [0.25, 0.3) is 0 Å². The molecule has 0 aliphatic rings. The van der Waals surface area contributed by atoms with Crippen LogP contribution in [-0.4, -0.2) is 46.6 Å². The molecule has 1 rings (SSSR count). The Hall–Kier alpha value is -2.25. The second-order valence-corrected chi connectivity index (χ2v) is 14.4. The van der Waals surface area contributed by atoms with Crippen molar-refractivity contribution in [3.63, 3.8) is 0 Å². The Labute approximate surface area is 288 Å². The van der Waals surface area contributed by atoms with E-state index < -0.39 is 0 Å². The first-order valence-electron chi connectivity index (χ1n) is 17.4. The van der Waals surface area contributed by atoms with Gasteiger partial charge in [0.2, 0.25) is 0 Å². The second-order valence-electron chi connectivity index (χ2n) is 14.4. The molecular formula is C38H83N3O5. The third kappa shape index (κ3) is 90.0. The lowest BCUT2D eigenvalue weighted by Crippen LogP contribution is -2.10. The topological polar surface area (TPSA) is 111 Å². The zero-order valence-electron chi connectivity index (χ0n) is 35.0. The Morgan fingerprint density at radius 2 is 0.957 bits per heavy atom. The highest BCUT2D eigenvalue weighted by Gasteiger charge is 2.05. The van der Waals surface area contributed by atoms with Crippen molar-refractivity contribution in [1.82, 2.24) is 15.2 Å². The van der Waals surface area contributed by atoms with Gasteiger partial charge in [-0.15, -0.1) is 0 Å². The number of aromatic nitrogens is 3. The van der Waals surface area contributed by atoms with Gasteiger partial charge in [0.15, 0.2) is 0 Å². The summed E-state index contributed by atoms with van der Waals surface area (Å²) in [6.07, 6.45) is 2.83. The Kier molecular flexibility index (Phi) is 55.0. The average Bonchev–Trinajstić information content (AvgIpc) is 3.44. The fourth-order valence-electron chi connectivity index (χ4n) is 1.04. The van der Waals surface area contributed by atoms with Gasteiger partial charge < -0.3 is 9.47 Å². The molecule has 280 valence electrons. The van der Waals surface area contributed by atoms with Gasteiger partial charge in [0, 0.05) is 11.8 Å². The van der Waals surface area contributed by atoms with Gasteiger partial charge in [-0.1, -0.05) is 145 Å². The van der Waals surface area contributed by atoms with Crippen molar-refractivity contribution in [2.75, 3.05) is 13.7 Å². The molecule has 0 saturated heterocycles. The third-order valence-corrected chi connectivity index (χ3v) is 4.04. The molecule has 1 heterocycles. The normalized spacial score (nSPS) is 9.46. The van der Waals surface area contributed by atoms with E-state index >= 15 is 0 Å². The van der Waals surface area contributed by atoms with Gasteiger partial charge in [0.05, 0.1) is 25.6 Å². The van der Waals surface area contributed by atoms with Crippen LogP contribution < -0.4 is 0 Å². The highest BCUT2D eigenvalue weighted by molar-refractivity contribution is 5.77. The Bertz CT molecular complexity index is 702. The van der Waals surface area contributed by atoms with Crippen LogP contribution in [-0.2, 0) is 23.9 Å². The van der Waals surface area contributed by atoms with Crippen LogP contribution in [0.1, 0.15) is 170 Å². The number of esters is 2. The van der Waals surface area contributed by atoms with Crippen LogP contribution in [0.15, 0.2) is 6.33 Å². The van der Waals surface area contributed by atoms with Gasteiger partial charge in [0.1, 0.15) is 17.9 Å². The zero-order chi connectivity index (χ0) is 38.6. The van der Waals surface area contributed by atoms with Gasteiger partial charge in [-0.2, -0.15) is 5.10 Å². The highest BCUT2D eigenvalue weighted by atomic mass is 16.5. The molecule has 0 amide bonds. The largest absolute Gasteiger partial charge is 0.469 e. The number of nitrogens with zero attached hydrogens (tertiary/aromatic N) is 2. The summed E-state index contributed by atoms with van der Waals surface area (Å²) >= 11 is 0. The van der Waals surface area contributed by atoms with Crippen molar-refractivity contribution in [2.24, 2.45) is 41.4 Å². The van der Waals surface area contributed by atoms with Crippen molar-refractivity contribution >= 4 is 17.7 Å². The monoisotopic (exact) mass is 662 g/mol. The minimum atomic E-state index is -0.153. The lowest BCUT2D eigenvalue weighted by molar-refractivity contribution is -0.147. The van der Waals surface area contributed by atoms with Gasteiger partial charge in [-0.3, -0.25) is 19.5 Å². The maximum absolute atomic E-state index is 10.5. The number of Topliss-reactive ketones (excluding diaryl/α,β-unsaturated/α-hetero) is 1. The predicted octanol–water partition coefficient (Wildman–Crippen LogP) is 11.2. The van der Waals surface area contributed by atoms with E-state index in [0.717, 1.165) is 29.5 Å². The smallest absolute Gasteiger partial charge is 0.308 e. The van der Waals surface area contributed by atoms with Crippen LogP contribution in [0.5, 0.6) is 0 Å². The van der Waals surface area contributed by atoms with E-state index in [0.29, 0.717) is 12.5 Å². The van der Waals surface area contributed by atoms with E-state index in [-0.39, 0.29) is 35.5 Å². The van der Waals surface area contributed by atoms with Gasteiger partial charge >= 0.3 is 11.9 Å². The molecule has 0 fully saturated rings. The lowest BCUT2D eigenvalue weighted by atomic mass is 10.1. The standard InChI is InChI=1S/C6H12O2.C5H9N3.C5H10O2.C5H10O.C5H12.3C4H10/c1-4-8-6(7)5(2)3;1-4(2)5-6-3-7-8-5;1-4(2)5(6)7-3;1-4(2)5(3)6;1-4-5(2)3;3*1-4(2)3/h5H,4H2,1-3H3;3-4H,1-2H3,(H,6,7,8);4H,1-3H3;4H,1-3H3;5H,4H2,1-3H3;3*4H,1-3H3. The van der Waals surface area contributed by atoms with E-state index in [4.69, 9.17) is 0 Å². The number of ether oxygens (including phenoxy) is 2. The van der Waals surface area contributed by atoms with Crippen LogP contribution >= 0.6 is 0 Å². The van der Waals surface area contributed by atoms with E-state index in [1.807, 2.05) is 27.7 Å². The molecule has 0 saturated carbocycles. The van der Waals surface area contributed by atoms with Crippen molar-refractivity contribution in [2.45, 2.75) is 165 Å². The average molecular weight is 662 g/mol. The third-order valence-electron chi connectivity index (χ3n) is 4.04. The van der Waals surface area contributed by atoms with E-state index in [1.54, 1.807) is 27.7 Å². The summed E-state index contributed by atoms with van der Waals surface area (Å²) in [6.45, 7) is 45.2. The van der Waals surface area contributed by atoms with Crippen LogP contribution in [0, 0.1) is 41.4 Å². The number of carbonyl (C=O) groups is 3. The molecule has 1 aromatic rings. The molecule has 0 radical (unpaired) electrons. The second kappa shape index (κ2) is 42.8. The summed E-state index contributed by atoms with van der Waals surface area (Å²) in [5.41, 5.74) is 0. The first-order valence-corrected chi connectivity index (χ1v) is 17.4. The summed E-state index contributed by atoms with van der Waals surface area (Å²) in [7, 11) is 1.39. The van der Waals surface area contributed by atoms with Crippen molar-refractivity contribution in [1.29, 1.82) is 0 Å². The van der Waals surface area contributed by atoms with Crippen LogP contribution in [0.2, 0.25) is 0 Å². The summed E-state index contributed by atoms with van der Waals surface area (Å²) in [5.74, 6) is 5.00. The number of hydrogen-bond acceptors (Lipinski definition) is 7. The molecule has 0 unspecified atom stereocenters. The molecule has 0 aliphatic heterocycles. The summed E-state index contributed by atoms with van der Waals surface area (Å²) in [6, 6.07) is 0. The molecule has 1 N–H and O–H groups in total. The zero-order valence-corrected chi connectivity index (χ0v) is 35.0. The van der Waals surface area contributed by atoms with E-state index in [1.165, 1.54) is 19.9 Å². The number of aromatic amines is 1. The van der Waals surface area contributed by atoms with Crippen LogP contribution in [0.3, 0.4) is 0 Å². The fourth-order valence-corrected chi connectivity index (χ4v) is 1.04. The first-order chi connectivity index (χ1) is 20.8. The lowest BCUT2D eigenvalue weighted by Gasteiger charge is -2.01. The molecule has 1 aromatic heterocycles. The molecule has 0 bridgehead atoms. The quantitative estimate of drug-likeness (QED) is 0.302. The number of methoxy groups -OCH3 is 1. The van der Waals surface area contributed by atoms with Gasteiger partial charge in [-0.05, 0) is 37.5 Å². The minimum absolute atomic E-state index is 0.00463. The van der Waals surface area contributed by atoms with Gasteiger partial charge in [-0.25, -0.2) is 4.98 Å². The predicted molar refractivity (Wildman–Crippen MR) is 201 cm³/mol. The van der Waals surface area contributed by atoms with Crippen LogP contribution in [0.4, 0.5) is 0 Å². The SMILES string of the molecule is CC(=O)C(C)C.CC(C)C.CC(C)C.CC(C)C.CC(C)c1ncn[nH]1.CCC(C)C.CCOC(=O)C(C)C.COC(=O)C(C)C. The number of H-pyrrole nitrogens is 1. The molecule has 0 atom stereocenters. The van der Waals surface area contributed by atoms with Crippen molar-refractivity contribution in [3.8, 4) is 0 Å². The molecule has 0 aliphatic carbocycles. The number of nitrogens with one attached hydrogen (secondary N) is 1. The number of hydrogen-bond donors (Lipinski definition) is 1. The Morgan fingerprint density at radius 1 is 0.652 bits per heavy atom. The molecular weight excluding hydrogens is 578 g/mol. The first kappa shape index (κ1) is 59.2. The van der Waals surface area contributed by atoms with E-state index in [9.17, 15) is 14.4 Å². The fraction of sp³-hybridized carbons (Fsp3) is 0.868. The molecule has 0 spiro atoms. The van der Waals surface area contributed by atoms with E-state index in [2.05, 4.69) is 122 Å².